The molecule has 0 unspecified atom stereocenters. The molecule has 24 heavy (non-hydrogen) atoms. The first-order chi connectivity index (χ1) is 11.5. The molecule has 1 spiro atoms. The molecule has 2 fully saturated rings. The average molecular weight is 353 g/mol. The van der Waals surface area contributed by atoms with Gasteiger partial charge in [0.2, 0.25) is 0 Å². The zero-order chi connectivity index (χ0) is 17.2. The van der Waals surface area contributed by atoms with Crippen LogP contribution in [0.25, 0.3) is 0 Å². The Bertz CT molecular complexity index is 533. The van der Waals surface area contributed by atoms with Gasteiger partial charge in [0.1, 0.15) is 5.60 Å². The first kappa shape index (κ1) is 18.3. The number of aryl methyl sites for hydroxylation is 1. The van der Waals surface area contributed by atoms with Crippen molar-refractivity contribution in [3.05, 3.63) is 21.9 Å². The molecule has 0 N–H and O–H groups in total. The minimum absolute atomic E-state index is 0.106. The lowest BCUT2D eigenvalue weighted by atomic mass is 9.93. The number of hydrogen-bond donors (Lipinski definition) is 0. The molecule has 2 aliphatic rings. The highest BCUT2D eigenvalue weighted by Gasteiger charge is 2.43. The largest absolute Gasteiger partial charge is 0.377 e. The van der Waals surface area contributed by atoms with Crippen LogP contribution in [0.2, 0.25) is 0 Å². The Morgan fingerprint density at radius 2 is 2.25 bits per heavy atom. The lowest BCUT2D eigenvalue weighted by molar-refractivity contribution is -0.0562. The molecule has 1 aromatic heterocycles. The quantitative estimate of drug-likeness (QED) is 0.813. The van der Waals surface area contributed by atoms with Crippen molar-refractivity contribution in [2.24, 2.45) is 5.92 Å². The Morgan fingerprint density at radius 3 is 2.96 bits per heavy atom. The summed E-state index contributed by atoms with van der Waals surface area (Å²) in [5.74, 6) is 0.616. The summed E-state index contributed by atoms with van der Waals surface area (Å²) in [5.41, 5.74) is -0.106. The van der Waals surface area contributed by atoms with Crippen LogP contribution in [0.15, 0.2) is 12.1 Å². The van der Waals surface area contributed by atoms with Crippen LogP contribution in [0.3, 0.4) is 0 Å². The highest BCUT2D eigenvalue weighted by Crippen LogP contribution is 2.34. The Kier molecular flexibility index (Phi) is 5.98. The van der Waals surface area contributed by atoms with E-state index in [1.54, 1.807) is 0 Å². The minimum Gasteiger partial charge on any atom is -0.377 e. The van der Waals surface area contributed by atoms with E-state index in [-0.39, 0.29) is 5.60 Å². The summed E-state index contributed by atoms with van der Waals surface area (Å²) in [4.78, 5) is 7.78. The van der Waals surface area contributed by atoms with Crippen LogP contribution in [-0.4, -0.2) is 67.9 Å². The van der Waals surface area contributed by atoms with Crippen molar-refractivity contribution >= 4 is 11.3 Å². The summed E-state index contributed by atoms with van der Waals surface area (Å²) in [5, 5.41) is 0. The normalized spacial score (nSPS) is 29.0. The fourth-order valence-electron chi connectivity index (χ4n) is 3.79. The molecular weight excluding hydrogens is 320 g/mol. The maximum atomic E-state index is 6.34. The van der Waals surface area contributed by atoms with Gasteiger partial charge >= 0.3 is 0 Å². The molecular formula is C19H32N2O2S. The Morgan fingerprint density at radius 1 is 1.42 bits per heavy atom. The van der Waals surface area contributed by atoms with Crippen molar-refractivity contribution in [3.8, 4) is 0 Å². The summed E-state index contributed by atoms with van der Waals surface area (Å²) in [6, 6.07) is 5.06. The molecule has 0 aromatic carbocycles. The van der Waals surface area contributed by atoms with Gasteiger partial charge in [0.15, 0.2) is 0 Å². The third-order valence-electron chi connectivity index (χ3n) is 5.32. The van der Waals surface area contributed by atoms with Gasteiger partial charge in [-0.2, -0.15) is 0 Å². The van der Waals surface area contributed by atoms with E-state index in [2.05, 4.69) is 49.8 Å². The van der Waals surface area contributed by atoms with E-state index in [4.69, 9.17) is 9.47 Å². The van der Waals surface area contributed by atoms with Crippen molar-refractivity contribution < 1.29 is 9.47 Å². The van der Waals surface area contributed by atoms with E-state index in [0.29, 0.717) is 12.0 Å². The van der Waals surface area contributed by atoms with Crippen LogP contribution in [0.1, 0.15) is 30.0 Å². The lowest BCUT2D eigenvalue weighted by Crippen LogP contribution is -2.44. The van der Waals surface area contributed by atoms with Gasteiger partial charge in [0, 0.05) is 42.0 Å². The third-order valence-corrected chi connectivity index (χ3v) is 6.30. The van der Waals surface area contributed by atoms with Crippen LogP contribution >= 0.6 is 11.3 Å². The van der Waals surface area contributed by atoms with Gasteiger partial charge in [-0.15, -0.1) is 11.3 Å². The second kappa shape index (κ2) is 7.83. The van der Waals surface area contributed by atoms with Crippen molar-refractivity contribution in [1.82, 2.24) is 9.80 Å². The van der Waals surface area contributed by atoms with Crippen molar-refractivity contribution in [1.29, 1.82) is 0 Å². The first-order valence-corrected chi connectivity index (χ1v) is 9.97. The zero-order valence-electron chi connectivity index (χ0n) is 15.6. The molecule has 0 saturated carbocycles. The predicted octanol–water partition coefficient (Wildman–Crippen LogP) is 3.00. The SMILES string of the molecule is Cc1ccc(CN2CCOC[C@@]3(C[C@@H](CN(C)C(C)C)CO3)C2)s1. The van der Waals surface area contributed by atoms with E-state index in [9.17, 15) is 0 Å². The number of rotatable bonds is 5. The number of nitrogens with zero attached hydrogens (tertiary/aromatic N) is 2. The topological polar surface area (TPSA) is 24.9 Å². The molecule has 3 heterocycles. The average Bonchev–Trinajstić information content (AvgIpc) is 3.04. The molecule has 2 saturated heterocycles. The molecule has 0 bridgehead atoms. The summed E-state index contributed by atoms with van der Waals surface area (Å²) >= 11 is 1.90. The molecule has 136 valence electrons. The Hall–Kier alpha value is -0.460. The molecule has 0 aliphatic carbocycles. The fraction of sp³-hybridized carbons (Fsp3) is 0.789. The van der Waals surface area contributed by atoms with Gasteiger partial charge < -0.3 is 14.4 Å². The van der Waals surface area contributed by atoms with E-state index in [1.165, 1.54) is 9.75 Å². The van der Waals surface area contributed by atoms with Gasteiger partial charge in [-0.05, 0) is 52.3 Å². The van der Waals surface area contributed by atoms with Gasteiger partial charge in [-0.1, -0.05) is 0 Å². The predicted molar refractivity (Wildman–Crippen MR) is 99.7 cm³/mol. The van der Waals surface area contributed by atoms with Gasteiger partial charge in [0.05, 0.1) is 19.8 Å². The van der Waals surface area contributed by atoms with Crippen LogP contribution in [-0.2, 0) is 16.0 Å². The van der Waals surface area contributed by atoms with E-state index >= 15 is 0 Å². The van der Waals surface area contributed by atoms with E-state index in [0.717, 1.165) is 52.4 Å². The van der Waals surface area contributed by atoms with Crippen LogP contribution < -0.4 is 0 Å². The Labute approximate surface area is 150 Å². The van der Waals surface area contributed by atoms with Gasteiger partial charge in [-0.3, -0.25) is 4.90 Å². The number of hydrogen-bond acceptors (Lipinski definition) is 5. The summed E-state index contributed by atoms with van der Waals surface area (Å²) in [6.45, 7) is 13.2. The molecule has 5 heteroatoms. The van der Waals surface area contributed by atoms with Crippen LogP contribution in [0.4, 0.5) is 0 Å². The smallest absolute Gasteiger partial charge is 0.104 e. The van der Waals surface area contributed by atoms with Crippen LogP contribution in [0.5, 0.6) is 0 Å². The maximum Gasteiger partial charge on any atom is 0.104 e. The van der Waals surface area contributed by atoms with Crippen molar-refractivity contribution in [2.75, 3.05) is 46.5 Å². The van der Waals surface area contributed by atoms with Gasteiger partial charge in [0.25, 0.3) is 0 Å². The van der Waals surface area contributed by atoms with Crippen LogP contribution in [0, 0.1) is 12.8 Å². The highest BCUT2D eigenvalue weighted by atomic mass is 32.1. The standard InChI is InChI=1S/C19H32N2O2S/c1-15(2)20(4)10-17-9-19(23-12-17)13-21(7-8-22-14-19)11-18-6-5-16(3)24-18/h5-6,15,17H,7-14H2,1-4H3/t17-,19+/m0/s1. The third kappa shape index (κ3) is 4.58. The van der Waals surface area contributed by atoms with Crippen molar-refractivity contribution in [2.45, 2.75) is 45.4 Å². The maximum absolute atomic E-state index is 6.34. The van der Waals surface area contributed by atoms with E-state index < -0.39 is 0 Å². The molecule has 2 aliphatic heterocycles. The minimum atomic E-state index is -0.106. The molecule has 2 atom stereocenters. The number of thiophene rings is 1. The fourth-order valence-corrected chi connectivity index (χ4v) is 4.73. The summed E-state index contributed by atoms with van der Waals surface area (Å²) < 4.78 is 12.3. The summed E-state index contributed by atoms with van der Waals surface area (Å²) in [7, 11) is 2.21. The molecule has 1 aromatic rings. The second-order valence-electron chi connectivity index (χ2n) is 7.87. The first-order valence-electron chi connectivity index (χ1n) is 9.15. The van der Waals surface area contributed by atoms with Crippen molar-refractivity contribution in [3.63, 3.8) is 0 Å². The van der Waals surface area contributed by atoms with Gasteiger partial charge in [-0.25, -0.2) is 0 Å². The zero-order valence-corrected chi connectivity index (χ0v) is 16.4. The second-order valence-corrected chi connectivity index (χ2v) is 9.25. The highest BCUT2D eigenvalue weighted by molar-refractivity contribution is 7.11. The molecule has 0 amide bonds. The molecule has 3 rings (SSSR count). The molecule has 4 nitrogen and oxygen atoms in total. The lowest BCUT2D eigenvalue weighted by Gasteiger charge is -2.31. The molecule has 0 radical (unpaired) electrons. The van der Waals surface area contributed by atoms with E-state index in [1.807, 2.05) is 11.3 Å². The number of ether oxygens (including phenoxy) is 2. The Balaban J connectivity index is 1.60. The monoisotopic (exact) mass is 352 g/mol. The summed E-state index contributed by atoms with van der Waals surface area (Å²) in [6.07, 6.45) is 1.12.